The van der Waals surface area contributed by atoms with E-state index >= 15 is 0 Å². The van der Waals surface area contributed by atoms with Gasteiger partial charge in [0.15, 0.2) is 0 Å². The number of aryl methyl sites for hydroxylation is 2. The number of rotatable bonds is 11. The van der Waals surface area contributed by atoms with Crippen molar-refractivity contribution in [1.82, 2.24) is 24.5 Å². The molecule has 1 aromatic heterocycles. The van der Waals surface area contributed by atoms with E-state index in [1.54, 1.807) is 25.3 Å². The standard InChI is InChI=1S/C19H29N5O5S/c1-5-24-16-7-6-14(30(27,28)23(2)3)12-15(16)22-17(24)8-9-18(25)21-13-19(26)20-10-11-29-4/h6-7,12H,5,8-11,13H2,1-4H3,(H,20,26)(H,21,25). The average molecular weight is 440 g/mol. The van der Waals surface area contributed by atoms with Gasteiger partial charge in [0.1, 0.15) is 5.82 Å². The zero-order chi connectivity index (χ0) is 22.3. The molecule has 30 heavy (non-hydrogen) atoms. The molecule has 10 nitrogen and oxygen atoms in total. The maximum atomic E-state index is 12.4. The third-order valence-corrected chi connectivity index (χ3v) is 6.35. The molecule has 1 heterocycles. The summed E-state index contributed by atoms with van der Waals surface area (Å²) in [5.74, 6) is 0.143. The average Bonchev–Trinajstić information content (AvgIpc) is 3.07. The zero-order valence-corrected chi connectivity index (χ0v) is 18.6. The summed E-state index contributed by atoms with van der Waals surface area (Å²) in [6, 6.07) is 4.84. The molecule has 2 N–H and O–H groups in total. The first-order valence-electron chi connectivity index (χ1n) is 9.64. The zero-order valence-electron chi connectivity index (χ0n) is 17.8. The number of carbonyl (C=O) groups excluding carboxylic acids is 2. The van der Waals surface area contributed by atoms with Gasteiger partial charge in [0.25, 0.3) is 0 Å². The van der Waals surface area contributed by atoms with Crippen molar-refractivity contribution in [3.8, 4) is 0 Å². The van der Waals surface area contributed by atoms with Gasteiger partial charge in [0.05, 0.1) is 29.1 Å². The summed E-state index contributed by atoms with van der Waals surface area (Å²) in [6.07, 6.45) is 0.535. The quantitative estimate of drug-likeness (QED) is 0.480. The van der Waals surface area contributed by atoms with Crippen LogP contribution >= 0.6 is 0 Å². The van der Waals surface area contributed by atoms with Crippen molar-refractivity contribution >= 4 is 32.9 Å². The highest BCUT2D eigenvalue weighted by Crippen LogP contribution is 2.22. The molecule has 0 bridgehead atoms. The van der Waals surface area contributed by atoms with Gasteiger partial charge in [0.2, 0.25) is 21.8 Å². The lowest BCUT2D eigenvalue weighted by molar-refractivity contribution is -0.126. The highest BCUT2D eigenvalue weighted by atomic mass is 32.2. The maximum absolute atomic E-state index is 12.4. The summed E-state index contributed by atoms with van der Waals surface area (Å²) in [5, 5.41) is 5.21. The lowest BCUT2D eigenvalue weighted by Gasteiger charge is -2.11. The Morgan fingerprint density at radius 1 is 1.20 bits per heavy atom. The summed E-state index contributed by atoms with van der Waals surface area (Å²) in [4.78, 5) is 28.4. The normalized spacial score (nSPS) is 11.8. The first kappa shape index (κ1) is 23.8. The van der Waals surface area contributed by atoms with E-state index in [9.17, 15) is 18.0 Å². The van der Waals surface area contributed by atoms with Gasteiger partial charge in [-0.1, -0.05) is 0 Å². The number of hydrogen-bond acceptors (Lipinski definition) is 6. The highest BCUT2D eigenvalue weighted by molar-refractivity contribution is 7.89. The molecular weight excluding hydrogens is 410 g/mol. The molecule has 0 aliphatic carbocycles. The molecule has 0 atom stereocenters. The number of carbonyl (C=O) groups is 2. The fourth-order valence-corrected chi connectivity index (χ4v) is 3.84. The van der Waals surface area contributed by atoms with E-state index in [2.05, 4.69) is 15.6 Å². The smallest absolute Gasteiger partial charge is 0.242 e. The van der Waals surface area contributed by atoms with Crippen molar-refractivity contribution < 1.29 is 22.7 Å². The van der Waals surface area contributed by atoms with Crippen molar-refractivity contribution in [3.63, 3.8) is 0 Å². The fourth-order valence-electron chi connectivity index (χ4n) is 2.92. The van der Waals surface area contributed by atoms with Crippen molar-refractivity contribution in [2.24, 2.45) is 0 Å². The number of sulfonamides is 1. The van der Waals surface area contributed by atoms with E-state index in [-0.39, 0.29) is 29.7 Å². The maximum Gasteiger partial charge on any atom is 0.242 e. The Morgan fingerprint density at radius 2 is 1.93 bits per heavy atom. The van der Waals surface area contributed by atoms with Gasteiger partial charge in [-0.05, 0) is 25.1 Å². The topological polar surface area (TPSA) is 123 Å². The van der Waals surface area contributed by atoms with Crippen LogP contribution in [0.2, 0.25) is 0 Å². The van der Waals surface area contributed by atoms with Crippen LogP contribution in [0.3, 0.4) is 0 Å². The van der Waals surface area contributed by atoms with E-state index in [0.29, 0.717) is 37.5 Å². The molecule has 166 valence electrons. The molecule has 2 aromatic rings. The van der Waals surface area contributed by atoms with Crippen molar-refractivity contribution in [1.29, 1.82) is 0 Å². The molecule has 2 amide bonds. The van der Waals surface area contributed by atoms with Gasteiger partial charge in [-0.3, -0.25) is 9.59 Å². The fraction of sp³-hybridized carbons (Fsp3) is 0.526. The van der Waals surface area contributed by atoms with Crippen molar-refractivity contribution in [2.45, 2.75) is 31.2 Å². The number of imidazole rings is 1. The molecule has 0 saturated carbocycles. The number of benzene rings is 1. The van der Waals surface area contributed by atoms with Crippen LogP contribution in [0.25, 0.3) is 11.0 Å². The number of aromatic nitrogens is 2. The second-order valence-electron chi connectivity index (χ2n) is 6.83. The van der Waals surface area contributed by atoms with Gasteiger partial charge in [-0.25, -0.2) is 17.7 Å². The molecule has 0 radical (unpaired) electrons. The summed E-state index contributed by atoms with van der Waals surface area (Å²) in [5.41, 5.74) is 1.37. The first-order chi connectivity index (χ1) is 14.2. The third kappa shape index (κ3) is 5.77. The minimum atomic E-state index is -3.55. The van der Waals surface area contributed by atoms with E-state index in [4.69, 9.17) is 4.74 Å². The molecule has 0 fully saturated rings. The van der Waals surface area contributed by atoms with Crippen LogP contribution in [0, 0.1) is 0 Å². The third-order valence-electron chi connectivity index (χ3n) is 4.54. The van der Waals surface area contributed by atoms with Gasteiger partial charge in [0, 0.05) is 47.1 Å². The molecule has 1 aromatic carbocycles. The predicted molar refractivity (Wildman–Crippen MR) is 112 cm³/mol. The number of methoxy groups -OCH3 is 1. The van der Waals surface area contributed by atoms with Gasteiger partial charge in [-0.2, -0.15) is 0 Å². The van der Waals surface area contributed by atoms with Crippen LogP contribution < -0.4 is 10.6 Å². The van der Waals surface area contributed by atoms with Crippen LogP contribution in [0.5, 0.6) is 0 Å². The molecule has 0 aliphatic rings. The predicted octanol–water partition coefficient (Wildman–Crippen LogP) is 0.118. The van der Waals surface area contributed by atoms with Crippen molar-refractivity contribution in [3.05, 3.63) is 24.0 Å². The molecule has 11 heteroatoms. The van der Waals surface area contributed by atoms with E-state index in [1.807, 2.05) is 11.5 Å². The van der Waals surface area contributed by atoms with Crippen LogP contribution in [-0.4, -0.2) is 75.0 Å². The molecule has 0 saturated heterocycles. The van der Waals surface area contributed by atoms with E-state index in [1.165, 1.54) is 14.1 Å². The minimum absolute atomic E-state index is 0.0987. The SMILES string of the molecule is CCn1c(CCC(=O)NCC(=O)NCCOC)nc2cc(S(=O)(=O)N(C)C)ccc21. The number of nitrogens with one attached hydrogen (secondary N) is 2. The Morgan fingerprint density at radius 3 is 2.57 bits per heavy atom. The van der Waals surface area contributed by atoms with Crippen LogP contribution in [0.15, 0.2) is 23.1 Å². The monoisotopic (exact) mass is 439 g/mol. The summed E-state index contributed by atoms with van der Waals surface area (Å²) in [6.45, 7) is 3.29. The highest BCUT2D eigenvalue weighted by Gasteiger charge is 2.19. The van der Waals surface area contributed by atoms with Gasteiger partial charge >= 0.3 is 0 Å². The lowest BCUT2D eigenvalue weighted by atomic mass is 10.2. The van der Waals surface area contributed by atoms with Crippen LogP contribution in [0.4, 0.5) is 0 Å². The van der Waals surface area contributed by atoms with Crippen molar-refractivity contribution in [2.75, 3.05) is 40.9 Å². The second-order valence-corrected chi connectivity index (χ2v) is 8.98. The summed E-state index contributed by atoms with van der Waals surface area (Å²) in [7, 11) is 0.943. The molecule has 2 rings (SSSR count). The number of hydrogen-bond donors (Lipinski definition) is 2. The lowest BCUT2D eigenvalue weighted by Crippen LogP contribution is -2.38. The van der Waals surface area contributed by atoms with E-state index in [0.717, 1.165) is 9.82 Å². The largest absolute Gasteiger partial charge is 0.383 e. The first-order valence-corrected chi connectivity index (χ1v) is 11.1. The molecule has 0 aliphatic heterocycles. The summed E-state index contributed by atoms with van der Waals surface area (Å²) >= 11 is 0. The van der Waals surface area contributed by atoms with Gasteiger partial charge < -0.3 is 19.9 Å². The molecule has 0 unspecified atom stereocenters. The number of nitrogens with zero attached hydrogens (tertiary/aromatic N) is 3. The Balaban J connectivity index is 2.05. The molecule has 0 spiro atoms. The van der Waals surface area contributed by atoms with E-state index < -0.39 is 10.0 Å². The van der Waals surface area contributed by atoms with Gasteiger partial charge in [-0.15, -0.1) is 0 Å². The Kier molecular flexibility index (Phi) is 8.33. The second kappa shape index (κ2) is 10.5. The Hall–Kier alpha value is -2.50. The Labute approximate surface area is 176 Å². The Bertz CT molecular complexity index is 1000. The summed E-state index contributed by atoms with van der Waals surface area (Å²) < 4.78 is 32.7. The minimum Gasteiger partial charge on any atom is -0.383 e. The van der Waals surface area contributed by atoms with Crippen LogP contribution in [0.1, 0.15) is 19.2 Å². The molecular formula is C19H29N5O5S. The number of ether oxygens (including phenoxy) is 1. The number of amides is 2. The van der Waals surface area contributed by atoms with Crippen LogP contribution in [-0.2, 0) is 37.3 Å². The number of fused-ring (bicyclic) bond motifs is 1.